The van der Waals surface area contributed by atoms with Gasteiger partial charge in [-0.1, -0.05) is 30.7 Å². The standard InChI is InChI=1S/C24H25N3O5/c25-20-9-11-22(19-7-3-2-6-18(19)20)32-24(28)17-8-10-23(21(16-17)27(29)30)31-15-14-26-12-4-1-5-13-26/h2-3,6-11,16H,1,4-5,12-15,25H2. The molecule has 166 valence electrons. The van der Waals surface area contributed by atoms with Gasteiger partial charge in [0.2, 0.25) is 0 Å². The highest BCUT2D eigenvalue weighted by Gasteiger charge is 2.21. The maximum atomic E-state index is 12.7. The van der Waals surface area contributed by atoms with Crippen LogP contribution in [0.15, 0.2) is 54.6 Å². The summed E-state index contributed by atoms with van der Waals surface area (Å²) in [6.45, 7) is 3.11. The molecule has 3 aromatic rings. The van der Waals surface area contributed by atoms with Crippen molar-refractivity contribution >= 4 is 28.1 Å². The number of ether oxygens (including phenoxy) is 2. The Hall–Kier alpha value is -3.65. The summed E-state index contributed by atoms with van der Waals surface area (Å²) in [5, 5.41) is 13.0. The minimum atomic E-state index is -0.692. The highest BCUT2D eigenvalue weighted by molar-refractivity contribution is 6.00. The minimum absolute atomic E-state index is 0.0704. The summed E-state index contributed by atoms with van der Waals surface area (Å²) in [6, 6.07) is 14.7. The van der Waals surface area contributed by atoms with E-state index in [1.54, 1.807) is 18.2 Å². The van der Waals surface area contributed by atoms with E-state index in [0.29, 0.717) is 30.0 Å². The average molecular weight is 435 g/mol. The molecule has 4 rings (SSSR count). The average Bonchev–Trinajstić information content (AvgIpc) is 2.82. The number of hydrogen-bond donors (Lipinski definition) is 1. The van der Waals surface area contributed by atoms with E-state index in [4.69, 9.17) is 15.2 Å². The van der Waals surface area contributed by atoms with E-state index in [0.717, 1.165) is 18.5 Å². The van der Waals surface area contributed by atoms with Crippen LogP contribution >= 0.6 is 0 Å². The third-order valence-electron chi connectivity index (χ3n) is 5.63. The summed E-state index contributed by atoms with van der Waals surface area (Å²) in [4.78, 5) is 26.0. The number of nitro groups is 1. The van der Waals surface area contributed by atoms with Crippen LogP contribution in [-0.2, 0) is 0 Å². The van der Waals surface area contributed by atoms with Gasteiger partial charge in [-0.3, -0.25) is 15.0 Å². The number of anilines is 1. The van der Waals surface area contributed by atoms with E-state index >= 15 is 0 Å². The van der Waals surface area contributed by atoms with Gasteiger partial charge in [-0.05, 0) is 50.2 Å². The summed E-state index contributed by atoms with van der Waals surface area (Å²) in [7, 11) is 0. The van der Waals surface area contributed by atoms with Gasteiger partial charge in [0, 0.05) is 29.1 Å². The van der Waals surface area contributed by atoms with Crippen molar-refractivity contribution in [2.75, 3.05) is 32.0 Å². The predicted molar refractivity (Wildman–Crippen MR) is 122 cm³/mol. The van der Waals surface area contributed by atoms with Crippen LogP contribution in [0.1, 0.15) is 29.6 Å². The van der Waals surface area contributed by atoms with Crippen LogP contribution in [0.25, 0.3) is 10.8 Å². The maximum absolute atomic E-state index is 12.7. The van der Waals surface area contributed by atoms with Crippen molar-refractivity contribution in [3.63, 3.8) is 0 Å². The molecule has 2 N–H and O–H groups in total. The lowest BCUT2D eigenvalue weighted by molar-refractivity contribution is -0.385. The number of fused-ring (bicyclic) bond motifs is 1. The first-order valence-corrected chi connectivity index (χ1v) is 10.7. The quantitative estimate of drug-likeness (QED) is 0.192. The highest BCUT2D eigenvalue weighted by atomic mass is 16.6. The van der Waals surface area contributed by atoms with Gasteiger partial charge in [-0.25, -0.2) is 4.79 Å². The number of benzene rings is 3. The van der Waals surface area contributed by atoms with Crippen molar-refractivity contribution in [1.82, 2.24) is 4.90 Å². The largest absolute Gasteiger partial charge is 0.485 e. The molecule has 1 fully saturated rings. The van der Waals surface area contributed by atoms with E-state index in [2.05, 4.69) is 4.90 Å². The number of nitro benzene ring substituents is 1. The Balaban J connectivity index is 1.49. The number of nitrogens with two attached hydrogens (primary N) is 1. The molecule has 3 aromatic carbocycles. The topological polar surface area (TPSA) is 108 Å². The van der Waals surface area contributed by atoms with Gasteiger partial charge in [0.05, 0.1) is 10.5 Å². The monoisotopic (exact) mass is 435 g/mol. The molecule has 1 heterocycles. The summed E-state index contributed by atoms with van der Waals surface area (Å²) in [5.74, 6) is -0.214. The molecule has 1 aliphatic heterocycles. The molecule has 8 nitrogen and oxygen atoms in total. The second-order valence-electron chi connectivity index (χ2n) is 7.78. The number of hydrogen-bond acceptors (Lipinski definition) is 7. The zero-order chi connectivity index (χ0) is 22.5. The Labute approximate surface area is 185 Å². The second-order valence-corrected chi connectivity index (χ2v) is 7.78. The maximum Gasteiger partial charge on any atom is 0.343 e. The van der Waals surface area contributed by atoms with Crippen LogP contribution in [-0.4, -0.2) is 42.0 Å². The van der Waals surface area contributed by atoms with E-state index < -0.39 is 10.9 Å². The van der Waals surface area contributed by atoms with Crippen LogP contribution in [0.2, 0.25) is 0 Å². The molecule has 0 aliphatic carbocycles. The Morgan fingerprint density at radius 3 is 2.47 bits per heavy atom. The molecule has 1 aliphatic rings. The Kier molecular flexibility index (Phi) is 6.51. The van der Waals surface area contributed by atoms with Crippen LogP contribution < -0.4 is 15.2 Å². The first kappa shape index (κ1) is 21.6. The number of nitrogens with zero attached hydrogens (tertiary/aromatic N) is 2. The molecule has 0 amide bonds. The number of likely N-dealkylation sites (tertiary alicyclic amines) is 1. The second kappa shape index (κ2) is 9.65. The molecular formula is C24H25N3O5. The van der Waals surface area contributed by atoms with Crippen molar-refractivity contribution in [2.24, 2.45) is 0 Å². The fourth-order valence-corrected chi connectivity index (χ4v) is 3.92. The molecule has 0 unspecified atom stereocenters. The summed E-state index contributed by atoms with van der Waals surface area (Å²) < 4.78 is 11.2. The number of rotatable bonds is 7. The van der Waals surface area contributed by atoms with Crippen molar-refractivity contribution in [3.05, 3.63) is 70.3 Å². The normalized spacial score (nSPS) is 14.2. The predicted octanol–water partition coefficient (Wildman–Crippen LogP) is 4.41. The van der Waals surface area contributed by atoms with Gasteiger partial charge in [0.25, 0.3) is 0 Å². The first-order chi connectivity index (χ1) is 15.5. The Morgan fingerprint density at radius 1 is 1.00 bits per heavy atom. The molecule has 0 aromatic heterocycles. The van der Waals surface area contributed by atoms with Crippen LogP contribution in [0.5, 0.6) is 11.5 Å². The molecular weight excluding hydrogens is 410 g/mol. The highest BCUT2D eigenvalue weighted by Crippen LogP contribution is 2.32. The Bertz CT molecular complexity index is 1140. The number of carbonyl (C=O) groups is 1. The lowest BCUT2D eigenvalue weighted by atomic mass is 10.1. The van der Waals surface area contributed by atoms with Gasteiger partial charge in [0.1, 0.15) is 12.4 Å². The van der Waals surface area contributed by atoms with Crippen LogP contribution in [0.3, 0.4) is 0 Å². The Morgan fingerprint density at radius 2 is 1.72 bits per heavy atom. The molecule has 1 saturated heterocycles. The number of nitrogen functional groups attached to an aromatic ring is 1. The third-order valence-corrected chi connectivity index (χ3v) is 5.63. The molecule has 0 atom stereocenters. The summed E-state index contributed by atoms with van der Waals surface area (Å²) in [5.41, 5.74) is 6.37. The molecule has 8 heteroatoms. The van der Waals surface area contributed by atoms with Gasteiger partial charge in [0.15, 0.2) is 5.75 Å². The van der Waals surface area contributed by atoms with E-state index in [1.807, 2.05) is 18.2 Å². The van der Waals surface area contributed by atoms with Gasteiger partial charge < -0.3 is 15.2 Å². The van der Waals surface area contributed by atoms with Crippen molar-refractivity contribution in [2.45, 2.75) is 19.3 Å². The van der Waals surface area contributed by atoms with Crippen molar-refractivity contribution < 1.29 is 19.2 Å². The molecule has 0 bridgehead atoms. The third kappa shape index (κ3) is 4.81. The summed E-state index contributed by atoms with van der Waals surface area (Å²) >= 11 is 0. The lowest BCUT2D eigenvalue weighted by Crippen LogP contribution is -2.33. The van der Waals surface area contributed by atoms with E-state index in [-0.39, 0.29) is 17.0 Å². The van der Waals surface area contributed by atoms with Gasteiger partial charge in [-0.2, -0.15) is 0 Å². The smallest absolute Gasteiger partial charge is 0.343 e. The number of esters is 1. The van der Waals surface area contributed by atoms with Crippen LogP contribution in [0.4, 0.5) is 11.4 Å². The fraction of sp³-hybridized carbons (Fsp3) is 0.292. The molecule has 0 spiro atoms. The summed E-state index contributed by atoms with van der Waals surface area (Å²) in [6.07, 6.45) is 3.58. The molecule has 0 radical (unpaired) electrons. The lowest BCUT2D eigenvalue weighted by Gasteiger charge is -2.26. The molecule has 0 saturated carbocycles. The fourth-order valence-electron chi connectivity index (χ4n) is 3.92. The SMILES string of the molecule is Nc1ccc(OC(=O)c2ccc(OCCN3CCCCC3)c([N+](=O)[O-])c2)c2ccccc12. The zero-order valence-electron chi connectivity index (χ0n) is 17.7. The van der Waals surface area contributed by atoms with E-state index in [1.165, 1.54) is 37.5 Å². The number of piperidine rings is 1. The van der Waals surface area contributed by atoms with Crippen LogP contribution in [0, 0.1) is 10.1 Å². The minimum Gasteiger partial charge on any atom is -0.485 e. The first-order valence-electron chi connectivity index (χ1n) is 10.7. The van der Waals surface area contributed by atoms with Crippen molar-refractivity contribution in [3.8, 4) is 11.5 Å². The van der Waals surface area contributed by atoms with Crippen molar-refractivity contribution in [1.29, 1.82) is 0 Å². The number of carbonyl (C=O) groups excluding carboxylic acids is 1. The van der Waals surface area contributed by atoms with Gasteiger partial charge in [-0.15, -0.1) is 0 Å². The van der Waals surface area contributed by atoms with Gasteiger partial charge >= 0.3 is 11.7 Å². The van der Waals surface area contributed by atoms with E-state index in [9.17, 15) is 14.9 Å². The molecule has 32 heavy (non-hydrogen) atoms. The zero-order valence-corrected chi connectivity index (χ0v) is 17.7.